The van der Waals surface area contributed by atoms with E-state index in [-0.39, 0.29) is 0 Å². The number of hydrogen-bond acceptors (Lipinski definition) is 2. The van der Waals surface area contributed by atoms with E-state index in [1.54, 1.807) is 11.1 Å². The largest absolute Gasteiger partial charge is 0.385 e. The molecule has 1 aliphatic heterocycles. The van der Waals surface area contributed by atoms with E-state index in [4.69, 9.17) is 4.74 Å². The molecule has 0 saturated carbocycles. The minimum absolute atomic E-state index is 0.419. The Labute approximate surface area is 136 Å². The van der Waals surface area contributed by atoms with Crippen LogP contribution in [0.1, 0.15) is 61.8 Å². The highest BCUT2D eigenvalue weighted by atomic mass is 16.5. The zero-order valence-electron chi connectivity index (χ0n) is 15.3. The van der Waals surface area contributed by atoms with Crippen LogP contribution < -0.4 is 0 Å². The summed E-state index contributed by atoms with van der Waals surface area (Å²) in [5.74, 6) is 0.758. The first-order valence-corrected chi connectivity index (χ1v) is 8.95. The summed E-state index contributed by atoms with van der Waals surface area (Å²) in [7, 11) is 1.81. The third-order valence-electron chi connectivity index (χ3n) is 5.61. The zero-order chi connectivity index (χ0) is 16.3. The number of hydrogen-bond donors (Lipinski definition) is 0. The average Bonchev–Trinajstić information content (AvgIpc) is 2.87. The lowest BCUT2D eigenvalue weighted by Gasteiger charge is -2.47. The Kier molecular flexibility index (Phi) is 5.68. The Morgan fingerprint density at radius 1 is 1.23 bits per heavy atom. The van der Waals surface area contributed by atoms with Gasteiger partial charge in [-0.05, 0) is 55.5 Å². The number of likely N-dealkylation sites (tertiary alicyclic amines) is 1. The molecule has 2 heteroatoms. The van der Waals surface area contributed by atoms with E-state index in [9.17, 15) is 0 Å². The molecule has 0 spiro atoms. The maximum Gasteiger partial charge on any atom is 0.0462 e. The van der Waals surface area contributed by atoms with Crippen molar-refractivity contribution < 1.29 is 4.74 Å². The monoisotopic (exact) mass is 303 g/mol. The molecule has 1 saturated heterocycles. The molecule has 2 unspecified atom stereocenters. The molecule has 2 nitrogen and oxygen atoms in total. The molecule has 1 heterocycles. The third kappa shape index (κ3) is 2.72. The molecule has 1 aliphatic carbocycles. The van der Waals surface area contributed by atoms with Gasteiger partial charge in [0.25, 0.3) is 0 Å². The van der Waals surface area contributed by atoms with Gasteiger partial charge < -0.3 is 9.64 Å². The number of aryl methyl sites for hydroxylation is 2. The second-order valence-electron chi connectivity index (χ2n) is 6.66. The van der Waals surface area contributed by atoms with Crippen LogP contribution in [0.4, 0.5) is 0 Å². The molecule has 2 atom stereocenters. The number of methoxy groups -OCH3 is 1. The van der Waals surface area contributed by atoms with Crippen LogP contribution in [-0.4, -0.2) is 38.3 Å². The van der Waals surface area contributed by atoms with E-state index < -0.39 is 0 Å². The van der Waals surface area contributed by atoms with E-state index in [1.165, 1.54) is 43.6 Å². The summed E-state index contributed by atoms with van der Waals surface area (Å²) in [5, 5.41) is 0. The summed E-state index contributed by atoms with van der Waals surface area (Å²) >= 11 is 0. The van der Waals surface area contributed by atoms with Gasteiger partial charge in [-0.25, -0.2) is 0 Å². The van der Waals surface area contributed by atoms with Gasteiger partial charge in [0.15, 0.2) is 0 Å². The quantitative estimate of drug-likeness (QED) is 0.746. The van der Waals surface area contributed by atoms with E-state index in [0.717, 1.165) is 12.5 Å². The van der Waals surface area contributed by atoms with Gasteiger partial charge in [0, 0.05) is 38.1 Å². The maximum absolute atomic E-state index is 5.28. The maximum atomic E-state index is 5.28. The zero-order valence-corrected chi connectivity index (χ0v) is 15.3. The molecule has 22 heavy (non-hydrogen) atoms. The number of benzene rings is 1. The molecule has 0 bridgehead atoms. The van der Waals surface area contributed by atoms with E-state index in [0.29, 0.717) is 5.41 Å². The van der Waals surface area contributed by atoms with Gasteiger partial charge in [-0.15, -0.1) is 0 Å². The standard InChI is InChI=1S/C18H27NO.C2H6/c1-5-19-11-17-15-9-13(2)14(3)10-16(15)18(17,12-19)7-6-8-20-4;1-2/h9-10,17H,5-8,11-12H2,1-4H3;1-2H3. The predicted octanol–water partition coefficient (Wildman–Crippen LogP) is 4.43. The number of rotatable bonds is 5. The first-order valence-electron chi connectivity index (χ1n) is 8.95. The normalized spacial score (nSPS) is 25.8. The lowest BCUT2D eigenvalue weighted by molar-refractivity contribution is 0.175. The van der Waals surface area contributed by atoms with Crippen molar-refractivity contribution in [2.45, 2.75) is 58.8 Å². The van der Waals surface area contributed by atoms with Crippen molar-refractivity contribution in [2.24, 2.45) is 0 Å². The highest BCUT2D eigenvalue weighted by Gasteiger charge is 2.56. The van der Waals surface area contributed by atoms with Crippen molar-refractivity contribution >= 4 is 0 Å². The van der Waals surface area contributed by atoms with Crippen LogP contribution in [0.15, 0.2) is 12.1 Å². The lowest BCUT2D eigenvalue weighted by Crippen LogP contribution is -2.44. The highest BCUT2D eigenvalue weighted by molar-refractivity contribution is 5.55. The molecule has 0 amide bonds. The fourth-order valence-corrected chi connectivity index (χ4v) is 4.32. The van der Waals surface area contributed by atoms with Crippen LogP contribution in [-0.2, 0) is 10.2 Å². The summed E-state index contributed by atoms with van der Waals surface area (Å²) in [6.07, 6.45) is 2.45. The third-order valence-corrected chi connectivity index (χ3v) is 5.61. The molecule has 0 N–H and O–H groups in total. The van der Waals surface area contributed by atoms with Crippen LogP contribution in [0.2, 0.25) is 0 Å². The smallest absolute Gasteiger partial charge is 0.0462 e. The second kappa shape index (κ2) is 7.14. The first-order chi connectivity index (χ1) is 10.6. The first kappa shape index (κ1) is 17.5. The predicted molar refractivity (Wildman–Crippen MR) is 94.9 cm³/mol. The van der Waals surface area contributed by atoms with Crippen molar-refractivity contribution in [2.75, 3.05) is 33.4 Å². The Bertz CT molecular complexity index is 511. The summed E-state index contributed by atoms with van der Waals surface area (Å²) in [6.45, 7) is 15.3. The van der Waals surface area contributed by atoms with E-state index in [1.807, 2.05) is 21.0 Å². The van der Waals surface area contributed by atoms with Gasteiger partial charge in [0.2, 0.25) is 0 Å². The SMILES string of the molecule is CC.CCN1CC2c3cc(C)c(C)cc3C2(CCCOC)C1. The molecule has 0 aromatic heterocycles. The Morgan fingerprint density at radius 2 is 1.91 bits per heavy atom. The van der Waals surface area contributed by atoms with Crippen molar-refractivity contribution in [1.29, 1.82) is 0 Å². The van der Waals surface area contributed by atoms with Crippen molar-refractivity contribution in [3.05, 3.63) is 34.4 Å². The fraction of sp³-hybridized carbons (Fsp3) is 0.700. The minimum Gasteiger partial charge on any atom is -0.385 e. The summed E-state index contributed by atoms with van der Waals surface area (Å²) < 4.78 is 5.28. The molecule has 124 valence electrons. The number of ether oxygens (including phenoxy) is 1. The number of nitrogens with zero attached hydrogens (tertiary/aromatic N) is 1. The van der Waals surface area contributed by atoms with Crippen molar-refractivity contribution in [1.82, 2.24) is 4.90 Å². The Morgan fingerprint density at radius 3 is 2.55 bits per heavy atom. The molecule has 1 fully saturated rings. The van der Waals surface area contributed by atoms with Crippen LogP contribution >= 0.6 is 0 Å². The lowest BCUT2D eigenvalue weighted by atomic mass is 9.55. The number of fused-ring (bicyclic) bond motifs is 4. The molecular weight excluding hydrogens is 270 g/mol. The molecule has 0 radical (unpaired) electrons. The van der Waals surface area contributed by atoms with Gasteiger partial charge >= 0.3 is 0 Å². The van der Waals surface area contributed by atoms with Gasteiger partial charge in [-0.3, -0.25) is 0 Å². The van der Waals surface area contributed by atoms with Gasteiger partial charge in [-0.2, -0.15) is 0 Å². The fourth-order valence-electron chi connectivity index (χ4n) is 4.32. The minimum atomic E-state index is 0.419. The number of likely N-dealkylation sites (N-methyl/N-ethyl adjacent to an activating group) is 1. The van der Waals surface area contributed by atoms with Crippen LogP contribution in [0, 0.1) is 13.8 Å². The van der Waals surface area contributed by atoms with E-state index in [2.05, 4.69) is 37.8 Å². The molecule has 1 aromatic rings. The molecule has 2 aliphatic rings. The average molecular weight is 303 g/mol. The highest BCUT2D eigenvalue weighted by Crippen LogP contribution is 2.58. The van der Waals surface area contributed by atoms with Gasteiger partial charge in [0.05, 0.1) is 0 Å². The van der Waals surface area contributed by atoms with E-state index >= 15 is 0 Å². The topological polar surface area (TPSA) is 12.5 Å². The molecule has 3 rings (SSSR count). The van der Waals surface area contributed by atoms with Gasteiger partial charge in [0.1, 0.15) is 0 Å². The Balaban J connectivity index is 0.000000847. The van der Waals surface area contributed by atoms with Crippen LogP contribution in [0.25, 0.3) is 0 Å². The van der Waals surface area contributed by atoms with Crippen molar-refractivity contribution in [3.8, 4) is 0 Å². The second-order valence-corrected chi connectivity index (χ2v) is 6.66. The van der Waals surface area contributed by atoms with Crippen molar-refractivity contribution in [3.63, 3.8) is 0 Å². The molecule has 1 aromatic carbocycles. The van der Waals surface area contributed by atoms with Crippen LogP contribution in [0.5, 0.6) is 0 Å². The summed E-state index contributed by atoms with van der Waals surface area (Å²) in [5.41, 5.74) is 6.58. The summed E-state index contributed by atoms with van der Waals surface area (Å²) in [6, 6.07) is 4.91. The van der Waals surface area contributed by atoms with Crippen LogP contribution in [0.3, 0.4) is 0 Å². The molecular formula is C20H33NO. The van der Waals surface area contributed by atoms with Gasteiger partial charge in [-0.1, -0.05) is 32.9 Å². The summed E-state index contributed by atoms with van der Waals surface area (Å²) in [4.78, 5) is 2.63. The Hall–Kier alpha value is -0.860.